The van der Waals surface area contributed by atoms with Crippen molar-refractivity contribution in [3.05, 3.63) is 66.2 Å². The fourth-order valence-electron chi connectivity index (χ4n) is 3.37. The minimum absolute atomic E-state index is 0.0959. The number of rotatable bonds is 6. The Kier molecular flexibility index (Phi) is 5.61. The highest BCUT2D eigenvalue weighted by atomic mass is 16.5. The summed E-state index contributed by atoms with van der Waals surface area (Å²) in [4.78, 5) is 26.1. The fraction of sp³-hybridized carbons (Fsp3) is 0.174. The average Bonchev–Trinajstić information content (AvgIpc) is 2.77. The molecule has 30 heavy (non-hydrogen) atoms. The topological polar surface area (TPSA) is 80.2 Å². The average molecular weight is 403 g/mol. The molecule has 1 heterocycles. The summed E-state index contributed by atoms with van der Waals surface area (Å²) >= 11 is 0. The van der Waals surface area contributed by atoms with Gasteiger partial charge in [0.25, 0.3) is 11.8 Å². The van der Waals surface area contributed by atoms with Gasteiger partial charge >= 0.3 is 0 Å². The number of anilines is 1. The Morgan fingerprint density at radius 3 is 2.83 bits per heavy atom. The number of carbonyl (C=O) groups is 2. The first kappa shape index (κ1) is 19.4. The molecule has 2 amide bonds. The van der Waals surface area contributed by atoms with Gasteiger partial charge in [0.15, 0.2) is 6.61 Å². The van der Waals surface area contributed by atoms with E-state index in [-0.39, 0.29) is 19.1 Å². The predicted molar refractivity (Wildman–Crippen MR) is 115 cm³/mol. The minimum Gasteiger partial charge on any atom is -0.493 e. The van der Waals surface area contributed by atoms with Crippen molar-refractivity contribution in [2.24, 2.45) is 5.10 Å². The molecule has 0 atom stereocenters. The minimum atomic E-state index is -0.408. The Hall–Kier alpha value is -3.87. The molecule has 3 aromatic carbocycles. The zero-order valence-electron chi connectivity index (χ0n) is 16.5. The first-order valence-electron chi connectivity index (χ1n) is 9.66. The van der Waals surface area contributed by atoms with Gasteiger partial charge in [-0.3, -0.25) is 14.5 Å². The highest BCUT2D eigenvalue weighted by Crippen LogP contribution is 2.31. The van der Waals surface area contributed by atoms with Gasteiger partial charge in [-0.1, -0.05) is 42.5 Å². The number of amides is 2. The standard InChI is InChI=1S/C23H21N3O4/c1-2-29-20-12-11-16-7-3-4-8-17(16)18(20)13-24-25-22(27)14-26-19-9-5-6-10-21(19)30-15-23(26)28/h3-13H,2,14-15H2,1H3,(H,25,27)/b24-13-. The molecule has 4 rings (SSSR count). The van der Waals surface area contributed by atoms with Crippen LogP contribution >= 0.6 is 0 Å². The van der Waals surface area contributed by atoms with E-state index in [0.29, 0.717) is 23.8 Å². The van der Waals surface area contributed by atoms with Crippen LogP contribution in [0, 0.1) is 0 Å². The summed E-state index contributed by atoms with van der Waals surface area (Å²) in [5, 5.41) is 6.12. The molecular formula is C23H21N3O4. The molecule has 0 saturated carbocycles. The SMILES string of the molecule is CCOc1ccc2ccccc2c1/C=N\NC(=O)CN1C(=O)COc2ccccc21. The van der Waals surface area contributed by atoms with Crippen LogP contribution in [0.1, 0.15) is 12.5 Å². The first-order chi connectivity index (χ1) is 14.7. The Labute approximate surface area is 173 Å². The lowest BCUT2D eigenvalue weighted by atomic mass is 10.0. The largest absolute Gasteiger partial charge is 0.493 e. The molecule has 0 aliphatic carbocycles. The molecule has 0 unspecified atom stereocenters. The van der Waals surface area contributed by atoms with Crippen LogP contribution in [-0.4, -0.2) is 37.8 Å². The van der Waals surface area contributed by atoms with Gasteiger partial charge < -0.3 is 9.47 Å². The van der Waals surface area contributed by atoms with Crippen molar-refractivity contribution >= 4 is 34.5 Å². The van der Waals surface area contributed by atoms with E-state index in [9.17, 15) is 9.59 Å². The lowest BCUT2D eigenvalue weighted by molar-refractivity contribution is -0.125. The van der Waals surface area contributed by atoms with Crippen LogP contribution in [0.5, 0.6) is 11.5 Å². The number of hydrogen-bond donors (Lipinski definition) is 1. The van der Waals surface area contributed by atoms with E-state index >= 15 is 0 Å². The number of hydrogen-bond acceptors (Lipinski definition) is 5. The maximum absolute atomic E-state index is 12.4. The fourth-order valence-corrected chi connectivity index (χ4v) is 3.37. The number of hydrazone groups is 1. The van der Waals surface area contributed by atoms with E-state index in [1.165, 1.54) is 4.90 Å². The molecule has 0 saturated heterocycles. The first-order valence-corrected chi connectivity index (χ1v) is 9.66. The molecule has 0 radical (unpaired) electrons. The van der Waals surface area contributed by atoms with Crippen molar-refractivity contribution in [1.82, 2.24) is 5.43 Å². The van der Waals surface area contributed by atoms with Gasteiger partial charge in [0.05, 0.1) is 18.5 Å². The van der Waals surface area contributed by atoms with E-state index in [0.717, 1.165) is 16.3 Å². The van der Waals surface area contributed by atoms with Gasteiger partial charge in [-0.05, 0) is 35.9 Å². The van der Waals surface area contributed by atoms with Crippen molar-refractivity contribution in [2.45, 2.75) is 6.92 Å². The molecule has 1 aliphatic heterocycles. The third-order valence-electron chi connectivity index (χ3n) is 4.72. The van der Waals surface area contributed by atoms with E-state index in [2.05, 4.69) is 10.5 Å². The molecule has 7 heteroatoms. The van der Waals surface area contributed by atoms with Gasteiger partial charge in [0.1, 0.15) is 18.0 Å². The second-order valence-corrected chi connectivity index (χ2v) is 6.66. The van der Waals surface area contributed by atoms with E-state index in [1.54, 1.807) is 24.4 Å². The number of carbonyl (C=O) groups excluding carboxylic acids is 2. The highest BCUT2D eigenvalue weighted by molar-refractivity contribution is 6.04. The van der Waals surface area contributed by atoms with Gasteiger partial charge in [-0.2, -0.15) is 5.10 Å². The molecule has 0 spiro atoms. The lowest BCUT2D eigenvalue weighted by Gasteiger charge is -2.28. The number of benzene rings is 3. The molecule has 0 aromatic heterocycles. The quantitative estimate of drug-likeness (QED) is 0.507. The van der Waals surface area contributed by atoms with Crippen LogP contribution in [-0.2, 0) is 9.59 Å². The monoisotopic (exact) mass is 403 g/mol. The third-order valence-corrected chi connectivity index (χ3v) is 4.72. The summed E-state index contributed by atoms with van der Waals surface area (Å²) in [5.41, 5.74) is 3.85. The molecule has 0 bridgehead atoms. The summed E-state index contributed by atoms with van der Waals surface area (Å²) in [6.45, 7) is 2.19. The smallest absolute Gasteiger partial charge is 0.265 e. The van der Waals surface area contributed by atoms with Crippen LogP contribution in [0.4, 0.5) is 5.69 Å². The molecule has 7 nitrogen and oxygen atoms in total. The van der Waals surface area contributed by atoms with Gasteiger partial charge in [0.2, 0.25) is 0 Å². The lowest BCUT2D eigenvalue weighted by Crippen LogP contribution is -2.44. The Bertz CT molecular complexity index is 1130. The third kappa shape index (κ3) is 3.96. The molecule has 1 N–H and O–H groups in total. The zero-order valence-corrected chi connectivity index (χ0v) is 16.5. The maximum Gasteiger partial charge on any atom is 0.265 e. The Morgan fingerprint density at radius 1 is 1.17 bits per heavy atom. The summed E-state index contributed by atoms with van der Waals surface area (Å²) in [6.07, 6.45) is 1.57. The highest BCUT2D eigenvalue weighted by Gasteiger charge is 2.26. The van der Waals surface area contributed by atoms with Crippen LogP contribution in [0.15, 0.2) is 65.8 Å². The molecular weight excluding hydrogens is 382 g/mol. The number of nitrogens with one attached hydrogen (secondary N) is 1. The molecule has 1 aliphatic rings. The second kappa shape index (κ2) is 8.65. The maximum atomic E-state index is 12.4. The van der Waals surface area contributed by atoms with Crippen LogP contribution in [0.2, 0.25) is 0 Å². The summed E-state index contributed by atoms with van der Waals surface area (Å²) in [7, 11) is 0. The Morgan fingerprint density at radius 2 is 1.97 bits per heavy atom. The molecule has 152 valence electrons. The van der Waals surface area contributed by atoms with E-state index < -0.39 is 5.91 Å². The number of para-hydroxylation sites is 2. The predicted octanol–water partition coefficient (Wildman–Crippen LogP) is 3.11. The number of fused-ring (bicyclic) bond motifs is 2. The van der Waals surface area contributed by atoms with Crippen molar-refractivity contribution in [3.63, 3.8) is 0 Å². The van der Waals surface area contributed by atoms with Crippen LogP contribution in [0.25, 0.3) is 10.8 Å². The Balaban J connectivity index is 1.51. The second-order valence-electron chi connectivity index (χ2n) is 6.66. The summed E-state index contributed by atoms with van der Waals surface area (Å²) < 4.78 is 11.1. The van der Waals surface area contributed by atoms with Crippen LogP contribution < -0.4 is 19.8 Å². The van der Waals surface area contributed by atoms with Crippen LogP contribution in [0.3, 0.4) is 0 Å². The summed E-state index contributed by atoms with van der Waals surface area (Å²) in [6, 6.07) is 18.9. The van der Waals surface area contributed by atoms with E-state index in [4.69, 9.17) is 9.47 Å². The molecule has 3 aromatic rings. The van der Waals surface area contributed by atoms with Gasteiger partial charge in [-0.25, -0.2) is 5.43 Å². The van der Waals surface area contributed by atoms with Gasteiger partial charge in [0, 0.05) is 5.56 Å². The van der Waals surface area contributed by atoms with Crippen molar-refractivity contribution < 1.29 is 19.1 Å². The number of ether oxygens (including phenoxy) is 2. The van der Waals surface area contributed by atoms with E-state index in [1.807, 2.05) is 49.4 Å². The van der Waals surface area contributed by atoms with Crippen molar-refractivity contribution in [1.29, 1.82) is 0 Å². The summed E-state index contributed by atoms with van der Waals surface area (Å²) in [5.74, 6) is 0.576. The molecule has 0 fully saturated rings. The normalized spacial score (nSPS) is 13.2. The zero-order chi connectivity index (χ0) is 20.9. The van der Waals surface area contributed by atoms with Crippen molar-refractivity contribution in [3.8, 4) is 11.5 Å². The van der Waals surface area contributed by atoms with Crippen molar-refractivity contribution in [2.75, 3.05) is 24.7 Å². The van der Waals surface area contributed by atoms with Gasteiger partial charge in [-0.15, -0.1) is 0 Å². The number of nitrogens with zero attached hydrogens (tertiary/aromatic N) is 2.